The summed E-state index contributed by atoms with van der Waals surface area (Å²) in [6.07, 6.45) is 2.88. The van der Waals surface area contributed by atoms with Gasteiger partial charge in [0.15, 0.2) is 11.5 Å². The van der Waals surface area contributed by atoms with Crippen LogP contribution in [0.1, 0.15) is 0 Å². The second kappa shape index (κ2) is 2.75. The number of hydrogen-bond acceptors (Lipinski definition) is 5. The molecule has 0 aliphatic heterocycles. The fourth-order valence-electron chi connectivity index (χ4n) is 1.13. The highest BCUT2D eigenvalue weighted by molar-refractivity contribution is 6.44. The van der Waals surface area contributed by atoms with Crippen LogP contribution in [-0.2, 0) is 0 Å². The Morgan fingerprint density at radius 2 is 2.31 bits per heavy atom. The smallest absolute Gasteiger partial charge is 0.366 e. The van der Waals surface area contributed by atoms with Crippen LogP contribution in [0.15, 0.2) is 12.7 Å². The monoisotopic (exact) mass is 172 g/mol. The van der Waals surface area contributed by atoms with Crippen molar-refractivity contribution in [1.82, 2.24) is 19.4 Å². The van der Waals surface area contributed by atoms with E-state index in [1.165, 1.54) is 12.7 Å². The Morgan fingerprint density at radius 3 is 3.08 bits per heavy atom. The Kier molecular flexibility index (Phi) is 1.60. The summed E-state index contributed by atoms with van der Waals surface area (Å²) in [6, 6.07) is 0. The molecule has 0 atom stereocenters. The van der Waals surface area contributed by atoms with Crippen molar-refractivity contribution >= 4 is 24.4 Å². The van der Waals surface area contributed by atoms with Crippen molar-refractivity contribution in [2.75, 3.05) is 5.73 Å². The summed E-state index contributed by atoms with van der Waals surface area (Å²) in [5, 5.41) is 8.51. The maximum atomic E-state index is 8.51. The van der Waals surface area contributed by atoms with Crippen LogP contribution < -0.4 is 5.73 Å². The lowest BCUT2D eigenvalue weighted by Crippen LogP contribution is -2.04. The van der Waals surface area contributed by atoms with E-state index < -0.39 is 0 Å². The summed E-state index contributed by atoms with van der Waals surface area (Å²) in [5.41, 5.74) is 6.74. The summed E-state index contributed by atoms with van der Waals surface area (Å²) < 4.78 is 1.62. The third-order valence-corrected chi connectivity index (χ3v) is 1.68. The van der Waals surface area contributed by atoms with Crippen LogP contribution in [0, 0.1) is 11.2 Å². The first-order valence-electron chi connectivity index (χ1n) is 3.61. The standard InChI is InChI=1S/C6H5BN6/c8-1-7-13-3-12-6-4(13)5(9)10-2-11-6/h2-3,7H,(H2,9,10,11). The first kappa shape index (κ1) is 7.55. The number of nitrogens with zero attached hydrogens (tertiary/aromatic N) is 5. The van der Waals surface area contributed by atoms with Crippen molar-refractivity contribution in [2.24, 2.45) is 0 Å². The molecule has 0 unspecified atom stereocenters. The van der Waals surface area contributed by atoms with Gasteiger partial charge in [0.1, 0.15) is 11.8 Å². The van der Waals surface area contributed by atoms with Gasteiger partial charge in [-0.25, -0.2) is 20.2 Å². The number of imidazole rings is 1. The van der Waals surface area contributed by atoms with Gasteiger partial charge in [0.25, 0.3) is 0 Å². The third kappa shape index (κ3) is 1.08. The molecule has 0 aliphatic rings. The third-order valence-electron chi connectivity index (χ3n) is 1.68. The average Bonchev–Trinajstić information content (AvgIpc) is 2.51. The number of fused-ring (bicyclic) bond motifs is 1. The molecule has 2 N–H and O–H groups in total. The minimum absolute atomic E-state index is 0.202. The van der Waals surface area contributed by atoms with Crippen molar-refractivity contribution < 1.29 is 0 Å². The summed E-state index contributed by atoms with van der Waals surface area (Å²) in [5.74, 6) is 2.35. The summed E-state index contributed by atoms with van der Waals surface area (Å²) in [7, 11) is 0.202. The molecule has 0 radical (unpaired) electrons. The number of nitrogens with two attached hydrogens (primary N) is 1. The first-order valence-corrected chi connectivity index (χ1v) is 3.61. The van der Waals surface area contributed by atoms with E-state index in [4.69, 9.17) is 11.0 Å². The molecule has 13 heavy (non-hydrogen) atoms. The fraction of sp³-hybridized carbons (Fsp3) is 0. The van der Waals surface area contributed by atoms with E-state index >= 15 is 0 Å². The van der Waals surface area contributed by atoms with Crippen molar-refractivity contribution in [3.8, 4) is 5.97 Å². The van der Waals surface area contributed by atoms with Gasteiger partial charge in [-0.2, -0.15) is 0 Å². The Morgan fingerprint density at radius 1 is 1.46 bits per heavy atom. The van der Waals surface area contributed by atoms with Gasteiger partial charge in [-0.1, -0.05) is 0 Å². The molecule has 0 aromatic carbocycles. The topological polar surface area (TPSA) is 93.4 Å². The minimum Gasteiger partial charge on any atom is -0.382 e. The predicted molar refractivity (Wildman–Crippen MR) is 47.9 cm³/mol. The zero-order valence-corrected chi connectivity index (χ0v) is 6.68. The van der Waals surface area contributed by atoms with E-state index in [0.29, 0.717) is 17.0 Å². The lowest BCUT2D eigenvalue weighted by atomic mass is 9.98. The molecule has 0 saturated carbocycles. The fourth-order valence-corrected chi connectivity index (χ4v) is 1.13. The largest absolute Gasteiger partial charge is 0.382 e. The molecule has 6 nitrogen and oxygen atoms in total. The van der Waals surface area contributed by atoms with Gasteiger partial charge in [-0.15, -0.1) is 0 Å². The quantitative estimate of drug-likeness (QED) is 0.561. The van der Waals surface area contributed by atoms with Gasteiger partial charge in [0, 0.05) is 5.97 Å². The molecule has 2 rings (SSSR count). The van der Waals surface area contributed by atoms with Crippen molar-refractivity contribution in [2.45, 2.75) is 0 Å². The highest BCUT2D eigenvalue weighted by atomic mass is 15.1. The maximum absolute atomic E-state index is 8.51. The predicted octanol–water partition coefficient (Wildman–Crippen LogP) is -0.911. The van der Waals surface area contributed by atoms with Crippen LogP contribution >= 0.6 is 0 Å². The van der Waals surface area contributed by atoms with Crippen molar-refractivity contribution in [3.05, 3.63) is 12.7 Å². The highest BCUT2D eigenvalue weighted by Gasteiger charge is 2.07. The summed E-state index contributed by atoms with van der Waals surface area (Å²) in [6.45, 7) is 0. The molecule has 0 fully saturated rings. The molecule has 0 spiro atoms. The van der Waals surface area contributed by atoms with Crippen LogP contribution in [0.4, 0.5) is 5.82 Å². The number of nitriles is 1. The molecule has 0 saturated heterocycles. The lowest BCUT2D eigenvalue weighted by Gasteiger charge is -1.97. The molecule has 2 aromatic heterocycles. The number of anilines is 1. The maximum Gasteiger partial charge on any atom is 0.366 e. The van der Waals surface area contributed by atoms with Gasteiger partial charge in [0.2, 0.25) is 0 Å². The van der Waals surface area contributed by atoms with E-state index in [2.05, 4.69) is 15.0 Å². The lowest BCUT2D eigenvalue weighted by molar-refractivity contribution is 1.20. The molecule has 2 aromatic rings. The second-order valence-electron chi connectivity index (χ2n) is 2.46. The number of nitrogen functional groups attached to an aromatic ring is 1. The zero-order valence-electron chi connectivity index (χ0n) is 6.68. The van der Waals surface area contributed by atoms with E-state index in [1.54, 1.807) is 4.48 Å². The SMILES string of the molecule is N#CBn1cnc2ncnc(N)c21. The second-order valence-corrected chi connectivity index (χ2v) is 2.46. The molecule has 62 valence electrons. The molecule has 0 aliphatic carbocycles. The first-order chi connectivity index (χ1) is 6.33. The highest BCUT2D eigenvalue weighted by Crippen LogP contribution is 2.13. The van der Waals surface area contributed by atoms with Gasteiger partial charge in [0.05, 0.1) is 6.33 Å². The molecule has 0 bridgehead atoms. The minimum atomic E-state index is 0.202. The van der Waals surface area contributed by atoms with Crippen molar-refractivity contribution in [1.29, 1.82) is 5.26 Å². The molecule has 0 amide bonds. The van der Waals surface area contributed by atoms with E-state index in [-0.39, 0.29) is 7.41 Å². The van der Waals surface area contributed by atoms with Crippen LogP contribution in [0.3, 0.4) is 0 Å². The molecule has 2 heterocycles. The Balaban J connectivity index is 2.73. The Hall–Kier alpha value is -2.10. The van der Waals surface area contributed by atoms with Gasteiger partial charge in [-0.3, -0.25) is 0 Å². The Bertz CT molecular complexity index is 483. The van der Waals surface area contributed by atoms with E-state index in [9.17, 15) is 0 Å². The summed E-state index contributed by atoms with van der Waals surface area (Å²) >= 11 is 0. The van der Waals surface area contributed by atoms with Gasteiger partial charge < -0.3 is 10.2 Å². The molecule has 7 heteroatoms. The van der Waals surface area contributed by atoms with Crippen molar-refractivity contribution in [3.63, 3.8) is 0 Å². The normalized spacial score (nSPS) is 9.77. The number of rotatable bonds is 1. The van der Waals surface area contributed by atoms with E-state index in [0.717, 1.165) is 0 Å². The van der Waals surface area contributed by atoms with Crippen LogP contribution in [-0.4, -0.2) is 26.8 Å². The van der Waals surface area contributed by atoms with Gasteiger partial charge in [-0.05, 0) is 0 Å². The number of aromatic nitrogens is 4. The Labute approximate surface area is 74.3 Å². The van der Waals surface area contributed by atoms with E-state index in [1.807, 2.05) is 5.97 Å². The summed E-state index contributed by atoms with van der Waals surface area (Å²) in [4.78, 5) is 11.7. The zero-order chi connectivity index (χ0) is 9.26. The molecular formula is C6H5BN6. The molecular weight excluding hydrogens is 167 g/mol. The van der Waals surface area contributed by atoms with Crippen LogP contribution in [0.25, 0.3) is 11.2 Å². The van der Waals surface area contributed by atoms with Gasteiger partial charge >= 0.3 is 7.41 Å². The van der Waals surface area contributed by atoms with Crippen LogP contribution in [0.5, 0.6) is 0 Å². The number of hydrogen-bond donors (Lipinski definition) is 1. The van der Waals surface area contributed by atoms with Crippen LogP contribution in [0.2, 0.25) is 0 Å². The average molecular weight is 172 g/mol.